The summed E-state index contributed by atoms with van der Waals surface area (Å²) in [5.74, 6) is 0.742. The van der Waals surface area contributed by atoms with E-state index in [0.29, 0.717) is 0 Å². The fourth-order valence-electron chi connectivity index (χ4n) is 4.68. The predicted molar refractivity (Wildman–Crippen MR) is 118 cm³/mol. The van der Waals surface area contributed by atoms with Crippen LogP contribution >= 0.6 is 0 Å². The quantitative estimate of drug-likeness (QED) is 0.641. The molecule has 0 bridgehead atoms. The van der Waals surface area contributed by atoms with E-state index < -0.39 is 0 Å². The Balaban J connectivity index is 1.48. The largest absolute Gasteiger partial charge is 0.306 e. The summed E-state index contributed by atoms with van der Waals surface area (Å²) in [5.41, 5.74) is 7.32. The van der Waals surface area contributed by atoms with Crippen LogP contribution in [0.15, 0.2) is 36.7 Å². The van der Waals surface area contributed by atoms with Crippen LogP contribution in [0.5, 0.6) is 0 Å². The maximum atomic E-state index is 4.76. The Labute approximate surface area is 174 Å². The van der Waals surface area contributed by atoms with Crippen molar-refractivity contribution in [2.45, 2.75) is 64.5 Å². The molecule has 1 aliphatic carbocycles. The fraction of sp³-hybridized carbons (Fsp3) is 0.500. The summed E-state index contributed by atoms with van der Waals surface area (Å²) in [4.78, 5) is 0. The maximum absolute atomic E-state index is 4.76. The highest BCUT2D eigenvalue weighted by Crippen LogP contribution is 2.33. The second-order valence-electron chi connectivity index (χ2n) is 8.58. The van der Waals surface area contributed by atoms with E-state index >= 15 is 0 Å². The first kappa shape index (κ1) is 19.9. The highest BCUT2D eigenvalue weighted by Gasteiger charge is 2.17. The Hall–Kier alpha value is -2.40. The van der Waals surface area contributed by atoms with E-state index in [-0.39, 0.29) is 6.04 Å². The molecule has 1 fully saturated rings. The molecule has 0 unspecified atom stereocenters. The van der Waals surface area contributed by atoms with Gasteiger partial charge in [0.1, 0.15) is 0 Å². The molecule has 29 heavy (non-hydrogen) atoms. The smallest absolute Gasteiger partial charge is 0.0967 e. The number of benzene rings is 1. The third-order valence-electron chi connectivity index (χ3n) is 6.28. The summed E-state index contributed by atoms with van der Waals surface area (Å²) < 4.78 is 3.80. The molecule has 0 amide bonds. The summed E-state index contributed by atoms with van der Waals surface area (Å²) >= 11 is 0. The highest BCUT2D eigenvalue weighted by molar-refractivity contribution is 5.63. The third-order valence-corrected chi connectivity index (χ3v) is 6.28. The van der Waals surface area contributed by atoms with Gasteiger partial charge in [0.2, 0.25) is 0 Å². The van der Waals surface area contributed by atoms with E-state index in [4.69, 9.17) is 5.10 Å². The molecule has 1 aromatic carbocycles. The number of aromatic nitrogens is 4. The van der Waals surface area contributed by atoms with Crippen molar-refractivity contribution in [1.82, 2.24) is 24.9 Å². The zero-order valence-electron chi connectivity index (χ0n) is 18.2. The lowest BCUT2D eigenvalue weighted by molar-refractivity contribution is 0.443. The molecule has 0 spiro atoms. The number of rotatable bonds is 6. The minimum atomic E-state index is 0.241. The highest BCUT2D eigenvalue weighted by atomic mass is 15.3. The Morgan fingerprint density at radius 3 is 2.34 bits per heavy atom. The Bertz CT molecular complexity index is 944. The van der Waals surface area contributed by atoms with Gasteiger partial charge in [-0.15, -0.1) is 0 Å². The van der Waals surface area contributed by atoms with Crippen LogP contribution in [0.2, 0.25) is 0 Å². The molecule has 2 aromatic heterocycles. The Morgan fingerprint density at radius 1 is 1.00 bits per heavy atom. The van der Waals surface area contributed by atoms with Gasteiger partial charge in [0.05, 0.1) is 11.4 Å². The van der Waals surface area contributed by atoms with Crippen LogP contribution in [-0.4, -0.2) is 19.6 Å². The lowest BCUT2D eigenvalue weighted by atomic mass is 9.84. The molecule has 5 nitrogen and oxygen atoms in total. The fourth-order valence-corrected chi connectivity index (χ4v) is 4.68. The third kappa shape index (κ3) is 4.45. The monoisotopic (exact) mass is 391 g/mol. The predicted octanol–water partition coefficient (Wildman–Crippen LogP) is 5.03. The van der Waals surface area contributed by atoms with Crippen molar-refractivity contribution in [2.75, 3.05) is 0 Å². The lowest BCUT2D eigenvalue weighted by Gasteiger charge is -2.22. The van der Waals surface area contributed by atoms with E-state index in [1.807, 2.05) is 23.5 Å². The van der Waals surface area contributed by atoms with Gasteiger partial charge in [-0.2, -0.15) is 10.2 Å². The van der Waals surface area contributed by atoms with Crippen LogP contribution in [-0.2, 0) is 20.6 Å². The normalized spacial score (nSPS) is 16.3. The van der Waals surface area contributed by atoms with Crippen LogP contribution < -0.4 is 5.32 Å². The molecule has 3 aromatic rings. The molecule has 1 atom stereocenters. The molecule has 0 aliphatic heterocycles. The standard InChI is InChI=1S/C24H33N5/c1-17(23-16-29(4)26-18(23)2)25-14-22-15-28(3)27-24(22)21-12-10-20(11-13-21)19-8-6-5-7-9-19/h10-13,15-17,19,25H,5-9,14H2,1-4H3/t17-/m0/s1. The summed E-state index contributed by atoms with van der Waals surface area (Å²) in [7, 11) is 3.97. The van der Waals surface area contributed by atoms with E-state index in [0.717, 1.165) is 23.9 Å². The first-order chi connectivity index (χ1) is 14.0. The van der Waals surface area contributed by atoms with E-state index in [2.05, 4.69) is 60.9 Å². The van der Waals surface area contributed by atoms with Crippen molar-refractivity contribution in [3.63, 3.8) is 0 Å². The molecule has 1 saturated carbocycles. The molecular formula is C24H33N5. The molecule has 5 heteroatoms. The summed E-state index contributed by atoms with van der Waals surface area (Å²) in [5, 5.41) is 12.9. The minimum Gasteiger partial charge on any atom is -0.306 e. The number of hydrogen-bond acceptors (Lipinski definition) is 3. The van der Waals surface area contributed by atoms with Gasteiger partial charge in [0, 0.05) is 55.8 Å². The molecule has 0 radical (unpaired) electrons. The van der Waals surface area contributed by atoms with Crippen LogP contribution in [0.1, 0.15) is 73.4 Å². The number of aryl methyl sites for hydroxylation is 3. The van der Waals surface area contributed by atoms with Gasteiger partial charge in [0.15, 0.2) is 0 Å². The summed E-state index contributed by atoms with van der Waals surface area (Å²) in [6, 6.07) is 9.39. The number of hydrogen-bond donors (Lipinski definition) is 1. The van der Waals surface area contributed by atoms with Crippen molar-refractivity contribution in [1.29, 1.82) is 0 Å². The lowest BCUT2D eigenvalue weighted by Crippen LogP contribution is -2.18. The number of nitrogens with one attached hydrogen (secondary N) is 1. The van der Waals surface area contributed by atoms with Gasteiger partial charge < -0.3 is 5.32 Å². The van der Waals surface area contributed by atoms with Gasteiger partial charge in [-0.25, -0.2) is 0 Å². The van der Waals surface area contributed by atoms with Crippen molar-refractivity contribution in [2.24, 2.45) is 14.1 Å². The zero-order valence-corrected chi connectivity index (χ0v) is 18.2. The van der Waals surface area contributed by atoms with E-state index in [1.165, 1.54) is 54.4 Å². The molecular weight excluding hydrogens is 358 g/mol. The number of nitrogens with zero attached hydrogens (tertiary/aromatic N) is 4. The zero-order chi connectivity index (χ0) is 20.4. The molecule has 4 rings (SSSR count). The molecule has 1 aliphatic rings. The van der Waals surface area contributed by atoms with Crippen LogP contribution in [0.25, 0.3) is 11.3 Å². The van der Waals surface area contributed by atoms with Gasteiger partial charge in [-0.05, 0) is 38.2 Å². The van der Waals surface area contributed by atoms with Crippen molar-refractivity contribution < 1.29 is 0 Å². The summed E-state index contributed by atoms with van der Waals surface area (Å²) in [6.07, 6.45) is 11.0. The molecule has 154 valence electrons. The average molecular weight is 392 g/mol. The van der Waals surface area contributed by atoms with Gasteiger partial charge in [-0.1, -0.05) is 43.5 Å². The first-order valence-electron chi connectivity index (χ1n) is 10.9. The second kappa shape index (κ2) is 8.54. The van der Waals surface area contributed by atoms with Gasteiger partial charge >= 0.3 is 0 Å². The van der Waals surface area contributed by atoms with E-state index in [9.17, 15) is 0 Å². The second-order valence-corrected chi connectivity index (χ2v) is 8.58. The summed E-state index contributed by atoms with van der Waals surface area (Å²) in [6.45, 7) is 5.04. The van der Waals surface area contributed by atoms with Crippen LogP contribution in [0.3, 0.4) is 0 Å². The van der Waals surface area contributed by atoms with Crippen molar-refractivity contribution >= 4 is 0 Å². The maximum Gasteiger partial charge on any atom is 0.0967 e. The van der Waals surface area contributed by atoms with E-state index in [1.54, 1.807) is 0 Å². The minimum absolute atomic E-state index is 0.241. The topological polar surface area (TPSA) is 47.7 Å². The SMILES string of the molecule is Cc1nn(C)cc1[C@H](C)NCc1cn(C)nc1-c1ccc(C2CCCCC2)cc1. The van der Waals surface area contributed by atoms with Gasteiger partial charge in [-0.3, -0.25) is 9.36 Å². The molecule has 1 N–H and O–H groups in total. The van der Waals surface area contributed by atoms with Crippen molar-refractivity contribution in [3.8, 4) is 11.3 Å². The van der Waals surface area contributed by atoms with Crippen LogP contribution in [0, 0.1) is 6.92 Å². The Morgan fingerprint density at radius 2 is 1.69 bits per heavy atom. The van der Waals surface area contributed by atoms with Gasteiger partial charge in [0.25, 0.3) is 0 Å². The molecule has 0 saturated heterocycles. The first-order valence-corrected chi connectivity index (χ1v) is 10.9. The molecule has 2 heterocycles. The van der Waals surface area contributed by atoms with Crippen LogP contribution in [0.4, 0.5) is 0 Å². The average Bonchev–Trinajstić information content (AvgIpc) is 3.28. The Kier molecular flexibility index (Phi) is 5.86. The van der Waals surface area contributed by atoms with Crippen molar-refractivity contribution in [3.05, 3.63) is 59.0 Å².